The lowest BCUT2D eigenvalue weighted by Gasteiger charge is -2.24. The summed E-state index contributed by atoms with van der Waals surface area (Å²) < 4.78 is 38.7. The Bertz CT molecular complexity index is 995. The fraction of sp³-hybridized carbons (Fsp3) is 0.353. The lowest BCUT2D eigenvalue weighted by atomic mass is 10.1. The van der Waals surface area contributed by atoms with Crippen molar-refractivity contribution in [3.63, 3.8) is 0 Å². The molecule has 1 aromatic carbocycles. The average molecular weight is 375 g/mol. The molecular weight excluding hydrogens is 358 g/mol. The number of rotatable bonds is 3. The molecule has 1 atom stereocenters. The first-order valence-corrected chi connectivity index (χ1v) is 9.69. The first-order valence-electron chi connectivity index (χ1n) is 8.25. The van der Waals surface area contributed by atoms with Crippen LogP contribution in [0.3, 0.4) is 0 Å². The maximum Gasteiger partial charge on any atom is 0.329 e. The number of esters is 1. The molecule has 2 aliphatic heterocycles. The molecule has 1 aromatic heterocycles. The Balaban J connectivity index is 1.55. The summed E-state index contributed by atoms with van der Waals surface area (Å²) in [5.41, 5.74) is 1.06. The number of fused-ring (bicyclic) bond motifs is 1. The number of sulfonamides is 1. The van der Waals surface area contributed by atoms with E-state index in [4.69, 9.17) is 9.26 Å². The second-order valence-corrected chi connectivity index (χ2v) is 7.85. The van der Waals surface area contributed by atoms with Crippen molar-refractivity contribution in [1.82, 2.24) is 10.1 Å². The largest absolute Gasteiger partial charge is 0.458 e. The Labute approximate surface area is 150 Å². The molecule has 3 heterocycles. The third-order valence-electron chi connectivity index (χ3n) is 4.45. The van der Waals surface area contributed by atoms with Gasteiger partial charge in [0.25, 0.3) is 10.0 Å². The van der Waals surface area contributed by atoms with Crippen molar-refractivity contribution in [3.8, 4) is 0 Å². The second-order valence-electron chi connectivity index (χ2n) is 6.27. The normalized spacial score (nSPS) is 20.7. The number of aromatic nitrogens is 1. The van der Waals surface area contributed by atoms with E-state index in [1.54, 1.807) is 36.1 Å². The average Bonchev–Trinajstić information content (AvgIpc) is 3.31. The van der Waals surface area contributed by atoms with Crippen LogP contribution in [0.2, 0.25) is 0 Å². The Morgan fingerprint density at radius 2 is 2.19 bits per heavy atom. The van der Waals surface area contributed by atoms with Crippen molar-refractivity contribution in [3.05, 3.63) is 47.3 Å². The van der Waals surface area contributed by atoms with E-state index in [0.717, 1.165) is 6.42 Å². The van der Waals surface area contributed by atoms with Gasteiger partial charge in [0.05, 0.1) is 0 Å². The van der Waals surface area contributed by atoms with Gasteiger partial charge in [-0.2, -0.15) is 8.42 Å². The molecular formula is C17H17N3O5S. The third-order valence-corrected chi connectivity index (χ3v) is 5.77. The summed E-state index contributed by atoms with van der Waals surface area (Å²) >= 11 is 0. The Morgan fingerprint density at radius 1 is 1.38 bits per heavy atom. The topological polar surface area (TPSA) is 102 Å². The Kier molecular flexibility index (Phi) is 4.03. The summed E-state index contributed by atoms with van der Waals surface area (Å²) in [6.45, 7) is 2.32. The van der Waals surface area contributed by atoms with Gasteiger partial charge in [0.2, 0.25) is 0 Å². The SMILES string of the molecule is Cc1cc(COC(=O)[C@@H]2CCCN2C2=NS(=O)(=O)c3ccccc32)no1. The van der Waals surface area contributed by atoms with Crippen LogP contribution >= 0.6 is 0 Å². The molecule has 0 saturated carbocycles. The molecule has 0 bridgehead atoms. The van der Waals surface area contributed by atoms with Crippen molar-refractivity contribution < 1.29 is 22.5 Å². The van der Waals surface area contributed by atoms with Crippen LogP contribution in [-0.4, -0.2) is 42.9 Å². The van der Waals surface area contributed by atoms with E-state index in [1.807, 2.05) is 0 Å². The summed E-state index contributed by atoms with van der Waals surface area (Å²) in [7, 11) is -3.72. The zero-order valence-corrected chi connectivity index (χ0v) is 14.9. The van der Waals surface area contributed by atoms with Crippen LogP contribution in [0.25, 0.3) is 0 Å². The number of ether oxygens (including phenoxy) is 1. The van der Waals surface area contributed by atoms with Gasteiger partial charge in [0.1, 0.15) is 29.0 Å². The quantitative estimate of drug-likeness (QED) is 0.752. The maximum atomic E-state index is 12.5. The van der Waals surface area contributed by atoms with Gasteiger partial charge in [-0.1, -0.05) is 17.3 Å². The number of nitrogens with zero attached hydrogens (tertiary/aromatic N) is 3. The predicted octanol–water partition coefficient (Wildman–Crippen LogP) is 1.64. The fourth-order valence-corrected chi connectivity index (χ4v) is 4.51. The number of hydrogen-bond acceptors (Lipinski definition) is 7. The molecule has 0 aliphatic carbocycles. The third kappa shape index (κ3) is 2.88. The lowest BCUT2D eigenvalue weighted by Crippen LogP contribution is -2.41. The van der Waals surface area contributed by atoms with Crippen molar-refractivity contribution in [2.45, 2.75) is 37.3 Å². The minimum atomic E-state index is -3.72. The standard InChI is InChI=1S/C17H17N3O5S/c1-11-9-12(18-25-11)10-24-17(21)14-6-4-8-20(14)16-13-5-2-3-7-15(13)26(22,23)19-16/h2-3,5,7,9,14H,4,6,8,10H2,1H3/t14-/m0/s1. The predicted molar refractivity (Wildman–Crippen MR) is 90.9 cm³/mol. The molecule has 1 saturated heterocycles. The highest BCUT2D eigenvalue weighted by Gasteiger charge is 2.39. The monoisotopic (exact) mass is 375 g/mol. The van der Waals surface area contributed by atoms with Crippen LogP contribution in [0.5, 0.6) is 0 Å². The zero-order valence-electron chi connectivity index (χ0n) is 14.1. The van der Waals surface area contributed by atoms with Gasteiger partial charge in [0.15, 0.2) is 5.84 Å². The van der Waals surface area contributed by atoms with Crippen LogP contribution < -0.4 is 0 Å². The number of likely N-dealkylation sites (tertiary alicyclic amines) is 1. The molecule has 136 valence electrons. The first kappa shape index (κ1) is 16.8. The van der Waals surface area contributed by atoms with E-state index in [-0.39, 0.29) is 11.5 Å². The van der Waals surface area contributed by atoms with E-state index >= 15 is 0 Å². The molecule has 0 amide bonds. The number of benzene rings is 1. The van der Waals surface area contributed by atoms with Gasteiger partial charge in [-0.15, -0.1) is 4.40 Å². The number of amidine groups is 1. The summed E-state index contributed by atoms with van der Waals surface area (Å²) in [4.78, 5) is 14.4. The number of hydrogen-bond donors (Lipinski definition) is 0. The van der Waals surface area contributed by atoms with Gasteiger partial charge >= 0.3 is 5.97 Å². The molecule has 9 heteroatoms. The van der Waals surface area contributed by atoms with Crippen molar-refractivity contribution >= 4 is 21.8 Å². The lowest BCUT2D eigenvalue weighted by molar-refractivity contribution is -0.149. The maximum absolute atomic E-state index is 12.5. The van der Waals surface area contributed by atoms with Crippen molar-refractivity contribution in [2.24, 2.45) is 4.40 Å². The highest BCUT2D eigenvalue weighted by atomic mass is 32.2. The summed E-state index contributed by atoms with van der Waals surface area (Å²) in [5.74, 6) is 0.533. The highest BCUT2D eigenvalue weighted by molar-refractivity contribution is 7.90. The van der Waals surface area contributed by atoms with Crippen LogP contribution in [0.4, 0.5) is 0 Å². The van der Waals surface area contributed by atoms with Crippen molar-refractivity contribution in [1.29, 1.82) is 0 Å². The number of aryl methyl sites for hydroxylation is 1. The van der Waals surface area contributed by atoms with Crippen LogP contribution in [0, 0.1) is 6.92 Å². The van der Waals surface area contributed by atoms with Gasteiger partial charge in [-0.25, -0.2) is 4.79 Å². The van der Waals surface area contributed by atoms with Gasteiger partial charge < -0.3 is 14.2 Å². The first-order chi connectivity index (χ1) is 12.5. The molecule has 2 aromatic rings. The molecule has 1 fully saturated rings. The van der Waals surface area contributed by atoms with E-state index in [0.29, 0.717) is 35.8 Å². The molecule has 8 nitrogen and oxygen atoms in total. The summed E-state index contributed by atoms with van der Waals surface area (Å²) in [6, 6.07) is 7.78. The Hall–Kier alpha value is -2.68. The van der Waals surface area contributed by atoms with Gasteiger partial charge in [0, 0.05) is 18.2 Å². The minimum absolute atomic E-state index is 0.0157. The molecule has 0 radical (unpaired) electrons. The molecule has 2 aliphatic rings. The fourth-order valence-electron chi connectivity index (χ4n) is 3.29. The number of carbonyl (C=O) groups excluding carboxylic acids is 1. The van der Waals surface area contributed by atoms with E-state index in [9.17, 15) is 13.2 Å². The number of carbonyl (C=O) groups is 1. The molecule has 4 rings (SSSR count). The van der Waals surface area contributed by atoms with Gasteiger partial charge in [-0.3, -0.25) is 0 Å². The minimum Gasteiger partial charge on any atom is -0.458 e. The van der Waals surface area contributed by atoms with E-state index in [1.165, 1.54) is 6.07 Å². The van der Waals surface area contributed by atoms with Crippen molar-refractivity contribution in [2.75, 3.05) is 6.54 Å². The molecule has 26 heavy (non-hydrogen) atoms. The molecule has 0 spiro atoms. The van der Waals surface area contributed by atoms with Crippen LogP contribution in [0.1, 0.15) is 29.9 Å². The second kappa shape index (κ2) is 6.24. The van der Waals surface area contributed by atoms with E-state index < -0.39 is 22.0 Å². The van der Waals surface area contributed by atoms with Crippen LogP contribution in [-0.2, 0) is 26.2 Å². The molecule has 0 N–H and O–H groups in total. The van der Waals surface area contributed by atoms with E-state index in [2.05, 4.69) is 9.55 Å². The highest BCUT2D eigenvalue weighted by Crippen LogP contribution is 2.31. The smallest absolute Gasteiger partial charge is 0.329 e. The Morgan fingerprint density at radius 3 is 2.96 bits per heavy atom. The summed E-state index contributed by atoms with van der Waals surface area (Å²) in [6.07, 6.45) is 1.34. The van der Waals surface area contributed by atoms with Crippen LogP contribution in [0.15, 0.2) is 44.1 Å². The zero-order chi connectivity index (χ0) is 18.3. The molecule has 0 unspecified atom stereocenters. The van der Waals surface area contributed by atoms with Gasteiger partial charge in [-0.05, 0) is 31.9 Å². The summed E-state index contributed by atoms with van der Waals surface area (Å²) in [5, 5.41) is 3.79.